The molecule has 4 rings (SSSR count). The molecular formula is C21H31ClN2O3. The Hall–Kier alpha value is -1.30. The summed E-state index contributed by atoms with van der Waals surface area (Å²) in [4.78, 5) is 12.4. The van der Waals surface area contributed by atoms with E-state index in [-0.39, 0.29) is 30.5 Å². The average Bonchev–Trinajstić information content (AvgIpc) is 2.97. The number of carbonyl (C=O) groups is 1. The topological polar surface area (TPSA) is 70.6 Å². The van der Waals surface area contributed by atoms with Gasteiger partial charge in [0.25, 0.3) is 0 Å². The lowest BCUT2D eigenvalue weighted by molar-refractivity contribution is -0.117. The monoisotopic (exact) mass is 394 g/mol. The molecule has 1 saturated carbocycles. The first-order valence-electron chi connectivity index (χ1n) is 10.2. The van der Waals surface area contributed by atoms with Gasteiger partial charge in [-0.3, -0.25) is 4.79 Å². The van der Waals surface area contributed by atoms with Gasteiger partial charge in [0.15, 0.2) is 0 Å². The van der Waals surface area contributed by atoms with E-state index in [0.29, 0.717) is 24.4 Å². The van der Waals surface area contributed by atoms with Crippen LogP contribution in [0.4, 0.5) is 5.69 Å². The summed E-state index contributed by atoms with van der Waals surface area (Å²) in [6.07, 6.45) is 8.80. The summed E-state index contributed by atoms with van der Waals surface area (Å²) in [5, 5.41) is 16.7. The summed E-state index contributed by atoms with van der Waals surface area (Å²) in [7, 11) is 0. The van der Waals surface area contributed by atoms with E-state index in [2.05, 4.69) is 10.6 Å². The van der Waals surface area contributed by atoms with E-state index in [4.69, 9.17) is 4.74 Å². The zero-order valence-electron chi connectivity index (χ0n) is 15.7. The summed E-state index contributed by atoms with van der Waals surface area (Å²) < 4.78 is 5.91. The third-order valence-corrected chi connectivity index (χ3v) is 6.14. The first-order chi connectivity index (χ1) is 12.7. The Morgan fingerprint density at radius 2 is 1.74 bits per heavy atom. The molecule has 4 atom stereocenters. The van der Waals surface area contributed by atoms with Gasteiger partial charge in [-0.15, -0.1) is 12.4 Å². The molecule has 4 unspecified atom stereocenters. The fourth-order valence-corrected chi connectivity index (χ4v) is 4.82. The lowest BCUT2D eigenvalue weighted by Crippen LogP contribution is -2.39. The van der Waals surface area contributed by atoms with Crippen LogP contribution in [-0.4, -0.2) is 35.3 Å². The minimum absolute atomic E-state index is 0. The molecule has 5 nitrogen and oxygen atoms in total. The molecule has 6 heteroatoms. The zero-order chi connectivity index (χ0) is 17.9. The van der Waals surface area contributed by atoms with Gasteiger partial charge in [-0.05, 0) is 75.1 Å². The number of aliphatic hydroxyl groups excluding tert-OH is 1. The number of ether oxygens (including phenoxy) is 1. The number of carbonyl (C=O) groups excluding carboxylic acids is 1. The molecule has 3 N–H and O–H groups in total. The number of amides is 1. The molecule has 3 aliphatic rings. The maximum absolute atomic E-state index is 12.4. The van der Waals surface area contributed by atoms with Gasteiger partial charge in [-0.2, -0.15) is 0 Å². The summed E-state index contributed by atoms with van der Waals surface area (Å²) in [6, 6.07) is 8.77. The van der Waals surface area contributed by atoms with Crippen LogP contribution in [0.15, 0.2) is 24.3 Å². The Balaban J connectivity index is 0.00000210. The normalized spacial score (nSPS) is 32.4. The van der Waals surface area contributed by atoms with Gasteiger partial charge in [-0.25, -0.2) is 0 Å². The molecule has 27 heavy (non-hydrogen) atoms. The second-order valence-electron chi connectivity index (χ2n) is 8.26. The van der Waals surface area contributed by atoms with E-state index in [1.54, 1.807) is 0 Å². The molecule has 1 aromatic carbocycles. The van der Waals surface area contributed by atoms with Crippen molar-refractivity contribution < 1.29 is 14.6 Å². The molecule has 2 heterocycles. The van der Waals surface area contributed by atoms with E-state index in [1.807, 2.05) is 24.3 Å². The summed E-state index contributed by atoms with van der Waals surface area (Å²) in [6.45, 7) is 0. The number of anilines is 1. The smallest absolute Gasteiger partial charge is 0.224 e. The third-order valence-electron chi connectivity index (χ3n) is 6.14. The molecule has 3 fully saturated rings. The first kappa shape index (κ1) is 20.4. The van der Waals surface area contributed by atoms with Gasteiger partial charge in [0.1, 0.15) is 11.9 Å². The third kappa shape index (κ3) is 5.37. The van der Waals surface area contributed by atoms with E-state index >= 15 is 0 Å². The van der Waals surface area contributed by atoms with Gasteiger partial charge in [0.05, 0.1) is 6.10 Å². The van der Waals surface area contributed by atoms with Crippen LogP contribution in [0, 0.1) is 5.92 Å². The van der Waals surface area contributed by atoms with E-state index < -0.39 is 0 Å². The van der Waals surface area contributed by atoms with Crippen LogP contribution in [-0.2, 0) is 4.79 Å². The largest absolute Gasteiger partial charge is 0.488 e. The lowest BCUT2D eigenvalue weighted by Gasteiger charge is -2.28. The van der Waals surface area contributed by atoms with Crippen LogP contribution in [0.3, 0.4) is 0 Å². The highest BCUT2D eigenvalue weighted by atomic mass is 35.5. The highest BCUT2D eigenvalue weighted by Crippen LogP contribution is 2.33. The molecular weight excluding hydrogens is 364 g/mol. The van der Waals surface area contributed by atoms with E-state index in [9.17, 15) is 9.90 Å². The standard InChI is InChI=1S/C21H30N2O3.ClH/c24-19-3-1-2-4-20(19)26-18-9-7-15(8-10-18)23-21(25)13-14-11-16-5-6-17(12-14)22-16;/h7-10,14,16-17,19-20,22,24H,1-6,11-13H2,(H,23,25);1H. The highest BCUT2D eigenvalue weighted by Gasteiger charge is 2.34. The Morgan fingerprint density at radius 1 is 1.07 bits per heavy atom. The second-order valence-corrected chi connectivity index (χ2v) is 8.26. The van der Waals surface area contributed by atoms with Gasteiger partial charge in [0, 0.05) is 24.2 Å². The number of hydrogen-bond acceptors (Lipinski definition) is 4. The van der Waals surface area contributed by atoms with Crippen molar-refractivity contribution in [3.8, 4) is 5.75 Å². The number of aliphatic hydroxyl groups is 1. The number of rotatable bonds is 5. The van der Waals surface area contributed by atoms with Crippen molar-refractivity contribution >= 4 is 24.0 Å². The van der Waals surface area contributed by atoms with Crippen LogP contribution >= 0.6 is 12.4 Å². The molecule has 1 aromatic rings. The van der Waals surface area contributed by atoms with Crippen molar-refractivity contribution in [1.82, 2.24) is 5.32 Å². The van der Waals surface area contributed by atoms with Crippen LogP contribution < -0.4 is 15.4 Å². The SMILES string of the molecule is Cl.O=C(CC1CC2CCC(C1)N2)Nc1ccc(OC2CCCCC2O)cc1. The Morgan fingerprint density at radius 3 is 2.41 bits per heavy atom. The Labute approximate surface area is 167 Å². The summed E-state index contributed by atoms with van der Waals surface area (Å²) in [5.74, 6) is 1.36. The molecule has 0 aromatic heterocycles. The first-order valence-corrected chi connectivity index (χ1v) is 10.2. The van der Waals surface area contributed by atoms with Crippen LogP contribution in [0.5, 0.6) is 5.75 Å². The number of piperidine rings is 1. The predicted molar refractivity (Wildman–Crippen MR) is 108 cm³/mol. The summed E-state index contributed by atoms with van der Waals surface area (Å²) >= 11 is 0. The minimum atomic E-state index is -0.372. The molecule has 0 spiro atoms. The number of hydrogen-bond donors (Lipinski definition) is 3. The molecule has 2 bridgehead atoms. The predicted octanol–water partition coefficient (Wildman–Crippen LogP) is 3.65. The second kappa shape index (κ2) is 9.26. The summed E-state index contributed by atoms with van der Waals surface area (Å²) in [5.41, 5.74) is 0.809. The fraction of sp³-hybridized carbons (Fsp3) is 0.667. The van der Waals surface area contributed by atoms with Crippen molar-refractivity contribution in [2.24, 2.45) is 5.92 Å². The van der Waals surface area contributed by atoms with Gasteiger partial charge >= 0.3 is 0 Å². The Kier molecular flexibility index (Phi) is 7.01. The van der Waals surface area contributed by atoms with Crippen molar-refractivity contribution in [3.05, 3.63) is 24.3 Å². The Bertz CT molecular complexity index is 612. The molecule has 2 aliphatic heterocycles. The van der Waals surface area contributed by atoms with Crippen molar-refractivity contribution in [2.75, 3.05) is 5.32 Å². The number of halogens is 1. The van der Waals surface area contributed by atoms with E-state index in [0.717, 1.165) is 50.0 Å². The van der Waals surface area contributed by atoms with Gasteiger partial charge in [-0.1, -0.05) is 6.42 Å². The number of fused-ring (bicyclic) bond motifs is 2. The molecule has 1 aliphatic carbocycles. The minimum Gasteiger partial charge on any atom is -0.488 e. The fourth-order valence-electron chi connectivity index (χ4n) is 4.82. The number of nitrogens with one attached hydrogen (secondary N) is 2. The lowest BCUT2D eigenvalue weighted by atomic mass is 9.89. The van der Waals surface area contributed by atoms with Crippen LogP contribution in [0.25, 0.3) is 0 Å². The van der Waals surface area contributed by atoms with Gasteiger partial charge < -0.3 is 20.5 Å². The van der Waals surface area contributed by atoms with Crippen molar-refractivity contribution in [3.63, 3.8) is 0 Å². The molecule has 0 radical (unpaired) electrons. The average molecular weight is 395 g/mol. The number of benzene rings is 1. The van der Waals surface area contributed by atoms with Gasteiger partial charge in [0.2, 0.25) is 5.91 Å². The van der Waals surface area contributed by atoms with Crippen LogP contribution in [0.1, 0.15) is 57.8 Å². The van der Waals surface area contributed by atoms with Crippen molar-refractivity contribution in [2.45, 2.75) is 82.1 Å². The highest BCUT2D eigenvalue weighted by molar-refractivity contribution is 5.90. The maximum atomic E-state index is 12.4. The molecule has 150 valence electrons. The van der Waals surface area contributed by atoms with Crippen molar-refractivity contribution in [1.29, 1.82) is 0 Å². The zero-order valence-corrected chi connectivity index (χ0v) is 16.5. The molecule has 2 saturated heterocycles. The van der Waals surface area contributed by atoms with Crippen LogP contribution in [0.2, 0.25) is 0 Å². The maximum Gasteiger partial charge on any atom is 0.224 e. The van der Waals surface area contributed by atoms with E-state index in [1.165, 1.54) is 12.8 Å². The molecule has 1 amide bonds. The quantitative estimate of drug-likeness (QED) is 0.712.